The number of anilines is 1. The molecule has 0 unspecified atom stereocenters. The molecule has 0 radical (unpaired) electrons. The van der Waals surface area contributed by atoms with Gasteiger partial charge in [0.05, 0.1) is 0 Å². The number of halogens is 1. The van der Waals surface area contributed by atoms with Crippen molar-refractivity contribution in [1.82, 2.24) is 20.2 Å². The molecule has 0 aliphatic rings. The number of unbranched alkanes of at least 4 members (excludes halogenated alkanes) is 1. The van der Waals surface area contributed by atoms with Crippen LogP contribution in [0.3, 0.4) is 0 Å². The lowest BCUT2D eigenvalue weighted by Crippen LogP contribution is -2.32. The number of benzene rings is 2. The van der Waals surface area contributed by atoms with Crippen molar-refractivity contribution >= 4 is 35.1 Å². The van der Waals surface area contributed by atoms with E-state index in [9.17, 15) is 4.79 Å². The van der Waals surface area contributed by atoms with E-state index in [0.29, 0.717) is 28.2 Å². The van der Waals surface area contributed by atoms with Crippen LogP contribution in [0, 0.1) is 0 Å². The van der Waals surface area contributed by atoms with E-state index in [1.807, 2.05) is 48.5 Å². The second-order valence-electron chi connectivity index (χ2n) is 8.64. The van der Waals surface area contributed by atoms with E-state index in [1.165, 1.54) is 17.3 Å². The molecular weight excluding hydrogens is 478 g/mol. The summed E-state index contributed by atoms with van der Waals surface area (Å²) in [4.78, 5) is 26.1. The van der Waals surface area contributed by atoms with E-state index in [4.69, 9.17) is 16.6 Å². The van der Waals surface area contributed by atoms with Crippen LogP contribution in [-0.2, 0) is 12.3 Å². The maximum absolute atomic E-state index is 12.4. The number of rotatable bonds is 13. The van der Waals surface area contributed by atoms with Gasteiger partial charge in [-0.05, 0) is 43.8 Å². The molecule has 1 heterocycles. The molecule has 0 atom stereocenters. The molecule has 0 bridgehead atoms. The fourth-order valence-electron chi connectivity index (χ4n) is 3.44. The zero-order valence-corrected chi connectivity index (χ0v) is 22.3. The van der Waals surface area contributed by atoms with Gasteiger partial charge < -0.3 is 15.1 Å². The van der Waals surface area contributed by atoms with Crippen molar-refractivity contribution in [2.75, 3.05) is 38.6 Å². The van der Waals surface area contributed by atoms with Gasteiger partial charge in [0.2, 0.25) is 0 Å². The van der Waals surface area contributed by atoms with Crippen LogP contribution in [0.15, 0.2) is 65.8 Å². The molecule has 0 aliphatic carbocycles. The minimum atomic E-state index is -0.0379. The van der Waals surface area contributed by atoms with Crippen LogP contribution >= 0.6 is 23.4 Å². The highest BCUT2D eigenvalue weighted by Crippen LogP contribution is 2.26. The van der Waals surface area contributed by atoms with E-state index >= 15 is 0 Å². The minimum Gasteiger partial charge on any atom is -0.352 e. The lowest BCUT2D eigenvalue weighted by atomic mass is 10.1. The van der Waals surface area contributed by atoms with Crippen molar-refractivity contribution in [2.45, 2.75) is 37.2 Å². The number of hydrogen-bond acceptors (Lipinski definition) is 6. The Labute approximate surface area is 218 Å². The molecule has 1 amide bonds. The Morgan fingerprint density at radius 3 is 2.51 bits per heavy atom. The smallest absolute Gasteiger partial charge is 0.251 e. The molecule has 0 fully saturated rings. The SMILES string of the molecule is CCCCNC(=O)c1cccc(CSc2nc(Cl)cc(N(CCN(C)C)Cc3ccccc3)n2)c1. The van der Waals surface area contributed by atoms with Crippen LogP contribution in [0.2, 0.25) is 5.15 Å². The molecular formula is C27H34ClN5OS. The van der Waals surface area contributed by atoms with Crippen molar-refractivity contribution in [3.63, 3.8) is 0 Å². The number of thioether (sulfide) groups is 1. The average molecular weight is 512 g/mol. The van der Waals surface area contributed by atoms with Crippen molar-refractivity contribution < 1.29 is 4.79 Å². The number of carbonyl (C=O) groups is 1. The van der Waals surface area contributed by atoms with Crippen LogP contribution in [-0.4, -0.2) is 54.5 Å². The zero-order chi connectivity index (χ0) is 25.0. The number of amides is 1. The van der Waals surface area contributed by atoms with E-state index in [0.717, 1.165) is 43.9 Å². The molecule has 2 aromatic carbocycles. The van der Waals surface area contributed by atoms with Gasteiger partial charge in [-0.2, -0.15) is 0 Å². The molecule has 0 spiro atoms. The molecule has 6 nitrogen and oxygen atoms in total. The van der Waals surface area contributed by atoms with Gasteiger partial charge in [0.25, 0.3) is 5.91 Å². The van der Waals surface area contributed by atoms with Gasteiger partial charge >= 0.3 is 0 Å². The molecule has 1 N–H and O–H groups in total. The zero-order valence-electron chi connectivity index (χ0n) is 20.7. The molecule has 0 saturated heterocycles. The summed E-state index contributed by atoms with van der Waals surface area (Å²) in [6.45, 7) is 5.25. The van der Waals surface area contributed by atoms with Crippen LogP contribution in [0.5, 0.6) is 0 Å². The first-order valence-corrected chi connectivity index (χ1v) is 13.3. The van der Waals surface area contributed by atoms with Crippen LogP contribution < -0.4 is 10.2 Å². The number of nitrogens with zero attached hydrogens (tertiary/aromatic N) is 4. The fourth-order valence-corrected chi connectivity index (χ4v) is 4.47. The highest BCUT2D eigenvalue weighted by atomic mass is 35.5. The highest BCUT2D eigenvalue weighted by molar-refractivity contribution is 7.98. The third-order valence-corrected chi connectivity index (χ3v) is 6.50. The van der Waals surface area contributed by atoms with Gasteiger partial charge in [-0.1, -0.05) is 79.2 Å². The van der Waals surface area contributed by atoms with Crippen LogP contribution in [0.1, 0.15) is 41.3 Å². The second-order valence-corrected chi connectivity index (χ2v) is 9.97. The third-order valence-electron chi connectivity index (χ3n) is 5.39. The van der Waals surface area contributed by atoms with E-state index < -0.39 is 0 Å². The van der Waals surface area contributed by atoms with Crippen molar-refractivity contribution in [2.24, 2.45) is 0 Å². The molecule has 8 heteroatoms. The van der Waals surface area contributed by atoms with E-state index in [2.05, 4.69) is 53.3 Å². The summed E-state index contributed by atoms with van der Waals surface area (Å²) in [6, 6.07) is 19.9. The van der Waals surface area contributed by atoms with Crippen LogP contribution in [0.25, 0.3) is 0 Å². The second kappa shape index (κ2) is 14.1. The molecule has 3 aromatic rings. The Morgan fingerprint density at radius 1 is 1.00 bits per heavy atom. The first kappa shape index (κ1) is 27.0. The molecule has 0 aliphatic heterocycles. The van der Waals surface area contributed by atoms with E-state index in [1.54, 1.807) is 0 Å². The first-order valence-electron chi connectivity index (χ1n) is 11.9. The predicted molar refractivity (Wildman–Crippen MR) is 146 cm³/mol. The lowest BCUT2D eigenvalue weighted by Gasteiger charge is -2.26. The lowest BCUT2D eigenvalue weighted by molar-refractivity contribution is 0.0953. The average Bonchev–Trinajstić information content (AvgIpc) is 2.85. The number of hydrogen-bond donors (Lipinski definition) is 1. The Morgan fingerprint density at radius 2 is 1.77 bits per heavy atom. The summed E-state index contributed by atoms with van der Waals surface area (Å²) in [5.41, 5.74) is 2.92. The van der Waals surface area contributed by atoms with Crippen LogP contribution in [0.4, 0.5) is 5.82 Å². The molecule has 186 valence electrons. The number of carbonyl (C=O) groups excluding carboxylic acids is 1. The summed E-state index contributed by atoms with van der Waals surface area (Å²) >= 11 is 7.93. The Kier molecular flexibility index (Phi) is 10.8. The maximum Gasteiger partial charge on any atom is 0.251 e. The van der Waals surface area contributed by atoms with Gasteiger partial charge in [0, 0.05) is 43.6 Å². The molecule has 3 rings (SSSR count). The monoisotopic (exact) mass is 511 g/mol. The summed E-state index contributed by atoms with van der Waals surface area (Å²) in [5.74, 6) is 1.41. The predicted octanol–water partition coefficient (Wildman–Crippen LogP) is 5.52. The Balaban J connectivity index is 1.72. The number of aromatic nitrogens is 2. The normalized spacial score (nSPS) is 11.0. The minimum absolute atomic E-state index is 0.0379. The molecule has 35 heavy (non-hydrogen) atoms. The third kappa shape index (κ3) is 9.17. The van der Waals surface area contributed by atoms with Gasteiger partial charge in [0.1, 0.15) is 11.0 Å². The van der Waals surface area contributed by atoms with Crippen molar-refractivity contribution in [1.29, 1.82) is 0 Å². The summed E-state index contributed by atoms with van der Waals surface area (Å²) in [5, 5.41) is 4.01. The highest BCUT2D eigenvalue weighted by Gasteiger charge is 2.14. The largest absolute Gasteiger partial charge is 0.352 e. The van der Waals surface area contributed by atoms with Crippen molar-refractivity contribution in [3.8, 4) is 0 Å². The maximum atomic E-state index is 12.4. The summed E-state index contributed by atoms with van der Waals surface area (Å²) in [7, 11) is 4.13. The van der Waals surface area contributed by atoms with E-state index in [-0.39, 0.29) is 5.91 Å². The van der Waals surface area contributed by atoms with Gasteiger partial charge in [-0.3, -0.25) is 4.79 Å². The number of likely N-dealkylation sites (N-methyl/N-ethyl adjacent to an activating group) is 1. The summed E-state index contributed by atoms with van der Waals surface area (Å²) < 4.78 is 0. The standard InChI is InChI=1S/C27H34ClN5OS/c1-4-5-14-29-26(34)23-13-9-12-22(17-23)20-35-27-30-24(28)18-25(31-27)33(16-15-32(2)3)19-21-10-7-6-8-11-21/h6-13,17-18H,4-5,14-16,19-20H2,1-3H3,(H,29,34). The number of nitrogens with one attached hydrogen (secondary N) is 1. The van der Waals surface area contributed by atoms with Gasteiger partial charge in [-0.25, -0.2) is 9.97 Å². The Bertz CT molecular complexity index is 1080. The molecule has 1 aromatic heterocycles. The van der Waals surface area contributed by atoms with Gasteiger partial charge in [0.15, 0.2) is 5.16 Å². The first-order chi connectivity index (χ1) is 16.9. The molecule has 0 saturated carbocycles. The Hall–Kier alpha value is -2.61. The topological polar surface area (TPSA) is 61.4 Å². The summed E-state index contributed by atoms with van der Waals surface area (Å²) in [6.07, 6.45) is 2.03. The fraction of sp³-hybridized carbons (Fsp3) is 0.370. The van der Waals surface area contributed by atoms with Crippen molar-refractivity contribution in [3.05, 3.63) is 82.5 Å². The van der Waals surface area contributed by atoms with Gasteiger partial charge in [-0.15, -0.1) is 0 Å². The quantitative estimate of drug-likeness (QED) is 0.141.